The molecule has 2 rings (SSSR count). The molecule has 0 aromatic rings. The van der Waals surface area contributed by atoms with Crippen molar-refractivity contribution in [3.05, 3.63) is 0 Å². The van der Waals surface area contributed by atoms with Crippen LogP contribution in [0, 0.1) is 0 Å². The van der Waals surface area contributed by atoms with Gasteiger partial charge in [0, 0.05) is 12.8 Å². The van der Waals surface area contributed by atoms with E-state index >= 15 is 0 Å². The van der Waals surface area contributed by atoms with E-state index in [-0.39, 0.29) is 25.3 Å². The monoisotopic (exact) mass is 356 g/mol. The van der Waals surface area contributed by atoms with E-state index in [1.807, 2.05) is 0 Å². The van der Waals surface area contributed by atoms with Crippen molar-refractivity contribution >= 4 is 26.2 Å². The molecule has 9 nitrogen and oxygen atoms in total. The maximum absolute atomic E-state index is 11.0. The highest BCUT2D eigenvalue weighted by molar-refractivity contribution is 7.86. The fourth-order valence-corrected chi connectivity index (χ4v) is 3.20. The number of rotatable bonds is 6. The van der Waals surface area contributed by atoms with Crippen LogP contribution in [0.3, 0.4) is 0 Å². The molecule has 2 atom stereocenters. The number of guanidine groups is 1. The van der Waals surface area contributed by atoms with Crippen LogP contribution in [0.4, 0.5) is 0 Å². The van der Waals surface area contributed by atoms with Gasteiger partial charge in [0.15, 0.2) is 0 Å². The van der Waals surface area contributed by atoms with Gasteiger partial charge in [-0.1, -0.05) is 0 Å². The Kier molecular flexibility index (Phi) is 5.30. The van der Waals surface area contributed by atoms with E-state index < -0.39 is 20.2 Å². The Hall–Kier alpha value is -0.910. The summed E-state index contributed by atoms with van der Waals surface area (Å²) in [6.07, 6.45) is 3.58. The normalized spacial score (nSPS) is 26.1. The van der Waals surface area contributed by atoms with Crippen LogP contribution in [0.5, 0.6) is 0 Å². The van der Waals surface area contributed by atoms with Crippen LogP contribution in [-0.2, 0) is 28.6 Å². The third kappa shape index (κ3) is 5.71. The third-order valence-corrected chi connectivity index (χ3v) is 4.59. The second-order valence-electron chi connectivity index (χ2n) is 5.57. The number of nitrogens with one attached hydrogen (secondary N) is 2. The third-order valence-electron chi connectivity index (χ3n) is 3.46. The Morgan fingerprint density at radius 1 is 0.955 bits per heavy atom. The Morgan fingerprint density at radius 2 is 1.36 bits per heavy atom. The van der Waals surface area contributed by atoms with Crippen molar-refractivity contribution in [3.63, 3.8) is 0 Å². The van der Waals surface area contributed by atoms with E-state index in [0.29, 0.717) is 0 Å². The zero-order valence-corrected chi connectivity index (χ0v) is 14.2. The summed E-state index contributed by atoms with van der Waals surface area (Å²) in [5, 5.41) is 6.38. The second kappa shape index (κ2) is 6.69. The fourth-order valence-electron chi connectivity index (χ4n) is 2.38. The minimum absolute atomic E-state index is 0.0718. The van der Waals surface area contributed by atoms with E-state index in [4.69, 9.17) is 8.37 Å². The number of hydrogen-bond acceptors (Lipinski definition) is 8. The summed E-state index contributed by atoms with van der Waals surface area (Å²) in [5.41, 5.74) is 0. The van der Waals surface area contributed by atoms with Crippen molar-refractivity contribution in [1.82, 2.24) is 10.6 Å². The van der Waals surface area contributed by atoms with Crippen LogP contribution in [0.15, 0.2) is 0 Å². The SMILES string of the molecule is CS(=O)(=O)OC[C@@H]1CC[N+]2=C(N1)N[C@H](COS(C)(=O)=O)CC2. The van der Waals surface area contributed by atoms with Crippen LogP contribution < -0.4 is 10.6 Å². The molecular weight excluding hydrogens is 334 g/mol. The van der Waals surface area contributed by atoms with Gasteiger partial charge in [0.2, 0.25) is 0 Å². The second-order valence-corrected chi connectivity index (χ2v) is 8.86. The van der Waals surface area contributed by atoms with Crippen LogP contribution >= 0.6 is 0 Å². The first-order valence-electron chi connectivity index (χ1n) is 6.96. The lowest BCUT2D eigenvalue weighted by Crippen LogP contribution is -2.61. The summed E-state index contributed by atoms with van der Waals surface area (Å²) in [6.45, 7) is 1.71. The molecule has 22 heavy (non-hydrogen) atoms. The molecule has 2 heterocycles. The first-order valence-corrected chi connectivity index (χ1v) is 10.6. The molecule has 2 aliphatic rings. The van der Waals surface area contributed by atoms with Crippen molar-refractivity contribution in [2.24, 2.45) is 0 Å². The Balaban J connectivity index is 1.88. The smallest absolute Gasteiger partial charge is 0.273 e. The lowest BCUT2D eigenvalue weighted by molar-refractivity contribution is -0.542. The van der Waals surface area contributed by atoms with Crippen LogP contribution in [-0.4, -0.2) is 78.3 Å². The molecule has 0 aromatic heterocycles. The van der Waals surface area contributed by atoms with Crippen LogP contribution in [0.1, 0.15) is 12.8 Å². The summed E-state index contributed by atoms with van der Waals surface area (Å²) < 4.78 is 55.9. The topological polar surface area (TPSA) is 114 Å². The molecule has 128 valence electrons. The number of hydrogen-bond donors (Lipinski definition) is 2. The van der Waals surface area contributed by atoms with Gasteiger partial charge in [-0.2, -0.15) is 16.8 Å². The highest BCUT2D eigenvalue weighted by Gasteiger charge is 2.32. The highest BCUT2D eigenvalue weighted by atomic mass is 32.2. The Labute approximate surface area is 130 Å². The molecule has 0 bridgehead atoms. The molecule has 0 aromatic carbocycles. The molecule has 0 aliphatic carbocycles. The Bertz CT molecular complexity index is 589. The average molecular weight is 356 g/mol. The van der Waals surface area contributed by atoms with Crippen molar-refractivity contribution in [3.8, 4) is 0 Å². The lowest BCUT2D eigenvalue weighted by Gasteiger charge is -2.31. The standard InChI is InChI=1S/C11H21N3O6S2/c1-21(15,16)19-7-9-3-5-14-6-4-10(13-11(14)12-9)8-20-22(2,17)18/h9-10H,3-8H2,1-2H3,(H,12,13)/p+1/t9-,10-/m0/s1. The maximum atomic E-state index is 11.0. The molecule has 0 amide bonds. The van der Waals surface area contributed by atoms with Crippen molar-refractivity contribution in [2.45, 2.75) is 24.9 Å². The van der Waals surface area contributed by atoms with Crippen molar-refractivity contribution < 1.29 is 29.8 Å². The zero-order valence-electron chi connectivity index (χ0n) is 12.6. The molecule has 2 aliphatic heterocycles. The van der Waals surface area contributed by atoms with Crippen LogP contribution in [0.2, 0.25) is 0 Å². The molecule has 0 saturated carbocycles. The summed E-state index contributed by atoms with van der Waals surface area (Å²) in [7, 11) is -6.92. The summed E-state index contributed by atoms with van der Waals surface area (Å²) >= 11 is 0. The lowest BCUT2D eigenvalue weighted by atomic mass is 10.1. The molecule has 0 radical (unpaired) electrons. The van der Waals surface area contributed by atoms with E-state index in [9.17, 15) is 16.8 Å². The molecule has 2 N–H and O–H groups in total. The average Bonchev–Trinajstić information content (AvgIpc) is 2.41. The van der Waals surface area contributed by atoms with Gasteiger partial charge in [-0.25, -0.2) is 0 Å². The molecule has 11 heteroatoms. The van der Waals surface area contributed by atoms with Crippen molar-refractivity contribution in [2.75, 3.05) is 38.8 Å². The fraction of sp³-hybridized carbons (Fsp3) is 0.909. The van der Waals surface area contributed by atoms with Gasteiger partial charge in [-0.15, -0.1) is 0 Å². The van der Waals surface area contributed by atoms with Gasteiger partial charge in [-0.3, -0.25) is 23.6 Å². The predicted octanol–water partition coefficient (Wildman–Crippen LogP) is -1.97. The highest BCUT2D eigenvalue weighted by Crippen LogP contribution is 2.08. The molecule has 0 fully saturated rings. The molecule has 0 spiro atoms. The molecule has 0 unspecified atom stereocenters. The van der Waals surface area contributed by atoms with E-state index in [1.165, 1.54) is 0 Å². The van der Waals surface area contributed by atoms with Gasteiger partial charge < -0.3 is 0 Å². The summed E-state index contributed by atoms with van der Waals surface area (Å²) in [4.78, 5) is 0. The summed E-state index contributed by atoms with van der Waals surface area (Å²) in [6, 6.07) is -0.217. The van der Waals surface area contributed by atoms with E-state index in [0.717, 1.165) is 44.4 Å². The Morgan fingerprint density at radius 3 is 1.73 bits per heavy atom. The van der Waals surface area contributed by atoms with Crippen molar-refractivity contribution in [1.29, 1.82) is 0 Å². The molecular formula is C11H22N3O6S2+. The minimum atomic E-state index is -3.46. The summed E-state index contributed by atoms with van der Waals surface area (Å²) in [5.74, 6) is 0.765. The van der Waals surface area contributed by atoms with E-state index in [2.05, 4.69) is 15.2 Å². The van der Waals surface area contributed by atoms with E-state index in [1.54, 1.807) is 0 Å². The van der Waals surface area contributed by atoms with Gasteiger partial charge in [-0.05, 0) is 0 Å². The zero-order chi connectivity index (χ0) is 16.4. The first kappa shape index (κ1) is 17.4. The minimum Gasteiger partial charge on any atom is -0.273 e. The largest absolute Gasteiger partial charge is 0.346 e. The molecule has 0 saturated heterocycles. The predicted molar refractivity (Wildman–Crippen MR) is 79.7 cm³/mol. The van der Waals surface area contributed by atoms with Gasteiger partial charge in [0.1, 0.15) is 12.1 Å². The van der Waals surface area contributed by atoms with Gasteiger partial charge >= 0.3 is 5.96 Å². The maximum Gasteiger partial charge on any atom is 0.346 e. The number of nitrogens with zero attached hydrogens (tertiary/aromatic N) is 1. The quantitative estimate of drug-likeness (QED) is 0.416. The van der Waals surface area contributed by atoms with Crippen LogP contribution in [0.25, 0.3) is 0 Å². The first-order chi connectivity index (χ1) is 10.1. The van der Waals surface area contributed by atoms with Gasteiger partial charge in [0.05, 0.1) is 38.8 Å². The van der Waals surface area contributed by atoms with Gasteiger partial charge in [0.25, 0.3) is 20.2 Å².